The van der Waals surface area contributed by atoms with Gasteiger partial charge in [0.05, 0.1) is 0 Å². The first kappa shape index (κ1) is 19.0. The van der Waals surface area contributed by atoms with Gasteiger partial charge in [-0.25, -0.2) is 9.78 Å². The number of piperidine rings is 1. The molecule has 0 saturated carbocycles. The first-order chi connectivity index (χ1) is 14.0. The van der Waals surface area contributed by atoms with E-state index in [9.17, 15) is 9.59 Å². The molecule has 1 aliphatic heterocycles. The number of carbonyl (C=O) groups is 2. The van der Waals surface area contributed by atoms with E-state index in [2.05, 4.69) is 32.9 Å². The number of nitrogens with zero attached hydrogens (tertiary/aromatic N) is 2. The molecule has 3 N–H and O–H groups in total. The largest absolute Gasteiger partial charge is 0.346 e. The van der Waals surface area contributed by atoms with Crippen LogP contribution >= 0.6 is 0 Å². The number of carbonyl (C=O) groups excluding carboxylic acids is 2. The van der Waals surface area contributed by atoms with Crippen molar-refractivity contribution in [2.45, 2.75) is 32.6 Å². The fraction of sp³-hybridized carbons (Fsp3) is 0.318. The summed E-state index contributed by atoms with van der Waals surface area (Å²) in [4.78, 5) is 33.5. The van der Waals surface area contributed by atoms with E-state index >= 15 is 0 Å². The van der Waals surface area contributed by atoms with Gasteiger partial charge in [0.1, 0.15) is 5.65 Å². The monoisotopic (exact) mass is 391 g/mol. The quantitative estimate of drug-likeness (QED) is 0.624. The minimum atomic E-state index is -0.138. The highest BCUT2D eigenvalue weighted by Crippen LogP contribution is 2.32. The fourth-order valence-corrected chi connectivity index (χ4v) is 3.94. The van der Waals surface area contributed by atoms with Crippen LogP contribution in [0, 0.1) is 6.92 Å². The number of rotatable bonds is 3. The van der Waals surface area contributed by atoms with Crippen molar-refractivity contribution in [2.24, 2.45) is 0 Å². The van der Waals surface area contributed by atoms with Crippen molar-refractivity contribution in [1.82, 2.24) is 14.9 Å². The van der Waals surface area contributed by atoms with Crippen LogP contribution in [0.2, 0.25) is 0 Å². The molecule has 0 bridgehead atoms. The number of amides is 3. The molecule has 0 atom stereocenters. The third-order valence-corrected chi connectivity index (χ3v) is 5.50. The van der Waals surface area contributed by atoms with Gasteiger partial charge in [-0.15, -0.1) is 0 Å². The summed E-state index contributed by atoms with van der Waals surface area (Å²) in [5, 5.41) is 6.91. The van der Waals surface area contributed by atoms with E-state index in [-0.39, 0.29) is 11.9 Å². The van der Waals surface area contributed by atoms with E-state index in [1.165, 1.54) is 17.9 Å². The van der Waals surface area contributed by atoms with Crippen molar-refractivity contribution in [3.8, 4) is 0 Å². The Bertz CT molecular complexity index is 1050. The van der Waals surface area contributed by atoms with E-state index in [4.69, 9.17) is 0 Å². The predicted octanol–water partition coefficient (Wildman–Crippen LogP) is 4.24. The number of urea groups is 1. The van der Waals surface area contributed by atoms with Gasteiger partial charge in [-0.3, -0.25) is 4.79 Å². The third kappa shape index (κ3) is 4.08. The van der Waals surface area contributed by atoms with Crippen LogP contribution in [0.4, 0.5) is 16.2 Å². The number of hydrogen-bond acceptors (Lipinski definition) is 3. The number of fused-ring (bicyclic) bond motifs is 1. The van der Waals surface area contributed by atoms with Crippen LogP contribution in [-0.2, 0) is 4.79 Å². The summed E-state index contributed by atoms with van der Waals surface area (Å²) in [6.45, 7) is 4.80. The maximum atomic E-state index is 12.8. The molecule has 7 nitrogen and oxygen atoms in total. The van der Waals surface area contributed by atoms with E-state index < -0.39 is 0 Å². The van der Waals surface area contributed by atoms with Crippen molar-refractivity contribution >= 4 is 34.3 Å². The van der Waals surface area contributed by atoms with Crippen molar-refractivity contribution in [3.63, 3.8) is 0 Å². The number of anilines is 2. The lowest BCUT2D eigenvalue weighted by Crippen LogP contribution is -2.40. The van der Waals surface area contributed by atoms with Crippen molar-refractivity contribution in [3.05, 3.63) is 53.9 Å². The molecule has 3 heterocycles. The Morgan fingerprint density at radius 1 is 1.17 bits per heavy atom. The van der Waals surface area contributed by atoms with E-state index in [0.29, 0.717) is 30.4 Å². The highest BCUT2D eigenvalue weighted by Gasteiger charge is 2.25. The molecule has 3 amide bonds. The molecule has 1 aliphatic rings. The number of aromatic amines is 1. The number of aromatic nitrogens is 2. The summed E-state index contributed by atoms with van der Waals surface area (Å²) in [6, 6.07) is 9.46. The lowest BCUT2D eigenvalue weighted by Gasteiger charge is -2.32. The molecular weight excluding hydrogens is 366 g/mol. The number of likely N-dealkylation sites (tertiary alicyclic amines) is 1. The molecule has 0 spiro atoms. The Labute approximate surface area is 169 Å². The molecular formula is C22H25N5O2. The second kappa shape index (κ2) is 7.95. The van der Waals surface area contributed by atoms with Gasteiger partial charge in [-0.05, 0) is 61.1 Å². The molecule has 7 heteroatoms. The van der Waals surface area contributed by atoms with E-state index in [1.807, 2.05) is 30.0 Å². The second-order valence-electron chi connectivity index (χ2n) is 7.55. The molecule has 150 valence electrons. The van der Waals surface area contributed by atoms with Crippen molar-refractivity contribution < 1.29 is 9.59 Å². The number of nitrogens with one attached hydrogen (secondary N) is 3. The Morgan fingerprint density at radius 3 is 2.72 bits per heavy atom. The average Bonchev–Trinajstić information content (AvgIpc) is 3.14. The van der Waals surface area contributed by atoms with Gasteiger partial charge in [0.15, 0.2) is 0 Å². The molecule has 0 unspecified atom stereocenters. The first-order valence-corrected chi connectivity index (χ1v) is 9.87. The zero-order chi connectivity index (χ0) is 20.4. The Balaban J connectivity index is 1.40. The van der Waals surface area contributed by atoms with Gasteiger partial charge in [-0.2, -0.15) is 0 Å². The number of aryl methyl sites for hydroxylation is 1. The van der Waals surface area contributed by atoms with Gasteiger partial charge in [0.25, 0.3) is 0 Å². The second-order valence-corrected chi connectivity index (χ2v) is 7.55. The van der Waals surface area contributed by atoms with E-state index in [0.717, 1.165) is 24.1 Å². The Morgan fingerprint density at radius 2 is 1.97 bits per heavy atom. The van der Waals surface area contributed by atoms with Crippen LogP contribution < -0.4 is 10.6 Å². The number of H-pyrrole nitrogens is 1. The number of hydrogen-bond donors (Lipinski definition) is 3. The van der Waals surface area contributed by atoms with Crippen LogP contribution in [0.5, 0.6) is 0 Å². The van der Waals surface area contributed by atoms with Crippen LogP contribution in [0.1, 0.15) is 36.8 Å². The summed E-state index contributed by atoms with van der Waals surface area (Å²) in [6.07, 6.45) is 5.67. The Hall–Kier alpha value is -3.35. The maximum Gasteiger partial charge on any atom is 0.321 e. The van der Waals surface area contributed by atoms with Gasteiger partial charge < -0.3 is 20.5 Å². The lowest BCUT2D eigenvalue weighted by atomic mass is 9.89. The normalized spacial score (nSPS) is 14.8. The Kier molecular flexibility index (Phi) is 5.20. The molecule has 0 radical (unpaired) electrons. The van der Waals surface area contributed by atoms with Crippen LogP contribution in [0.15, 0.2) is 42.7 Å². The molecule has 2 aromatic heterocycles. The van der Waals surface area contributed by atoms with Gasteiger partial charge in [-0.1, -0.05) is 6.07 Å². The van der Waals surface area contributed by atoms with Crippen LogP contribution in [-0.4, -0.2) is 39.9 Å². The number of pyridine rings is 1. The van der Waals surface area contributed by atoms with Gasteiger partial charge in [0.2, 0.25) is 5.91 Å². The predicted molar refractivity (Wildman–Crippen MR) is 114 cm³/mol. The molecule has 3 aromatic rings. The molecule has 1 fully saturated rings. The standard InChI is InChI=1S/C22H25N5O2/c1-14-5-6-17(25-15(2)28)12-20(14)26-22(29)27-10-7-16(8-11-27)19-13-24-21-18(19)4-3-9-23-21/h3-6,9,12-13,16H,7-8,10-11H2,1-2H3,(H,23,24)(H,25,28)(H,26,29). The third-order valence-electron chi connectivity index (χ3n) is 5.50. The fourth-order valence-electron chi connectivity index (χ4n) is 3.94. The SMILES string of the molecule is CC(=O)Nc1ccc(C)c(NC(=O)N2CCC(c3c[nH]c4ncccc34)CC2)c1. The lowest BCUT2D eigenvalue weighted by molar-refractivity contribution is -0.114. The molecule has 29 heavy (non-hydrogen) atoms. The summed E-state index contributed by atoms with van der Waals surface area (Å²) >= 11 is 0. The smallest absolute Gasteiger partial charge is 0.321 e. The summed E-state index contributed by atoms with van der Waals surface area (Å²) < 4.78 is 0. The van der Waals surface area contributed by atoms with Crippen molar-refractivity contribution in [2.75, 3.05) is 23.7 Å². The molecule has 1 aromatic carbocycles. The molecule has 1 saturated heterocycles. The minimum Gasteiger partial charge on any atom is -0.346 e. The zero-order valence-corrected chi connectivity index (χ0v) is 16.7. The van der Waals surface area contributed by atoms with Crippen molar-refractivity contribution in [1.29, 1.82) is 0 Å². The highest BCUT2D eigenvalue weighted by molar-refractivity contribution is 5.93. The zero-order valence-electron chi connectivity index (χ0n) is 16.7. The molecule has 4 rings (SSSR count). The maximum absolute atomic E-state index is 12.8. The summed E-state index contributed by atoms with van der Waals surface area (Å²) in [7, 11) is 0. The van der Waals surface area contributed by atoms with Gasteiger partial charge in [0, 0.05) is 49.2 Å². The summed E-state index contributed by atoms with van der Waals surface area (Å²) in [5.41, 5.74) is 4.54. The molecule has 0 aliphatic carbocycles. The minimum absolute atomic E-state index is 0.105. The van der Waals surface area contributed by atoms with Gasteiger partial charge >= 0.3 is 6.03 Å². The topological polar surface area (TPSA) is 90.1 Å². The average molecular weight is 391 g/mol. The van der Waals surface area contributed by atoms with E-state index in [1.54, 1.807) is 12.3 Å². The highest BCUT2D eigenvalue weighted by atomic mass is 16.2. The van der Waals surface area contributed by atoms with Crippen LogP contribution in [0.3, 0.4) is 0 Å². The summed E-state index contributed by atoms with van der Waals surface area (Å²) in [5.74, 6) is 0.280. The number of benzene rings is 1. The van der Waals surface area contributed by atoms with Crippen LogP contribution in [0.25, 0.3) is 11.0 Å². The first-order valence-electron chi connectivity index (χ1n) is 9.87.